The number of rotatable bonds is 1. The number of hydrogen-bond donors (Lipinski definition) is 2. The third-order valence-corrected chi connectivity index (χ3v) is 1.72. The van der Waals surface area contributed by atoms with Crippen molar-refractivity contribution in [3.8, 4) is 0 Å². The van der Waals surface area contributed by atoms with E-state index in [2.05, 4.69) is 17.9 Å². The molecule has 1 fully saturated rings. The maximum atomic E-state index is 10.6. The fourth-order valence-electron chi connectivity index (χ4n) is 0.812. The van der Waals surface area contributed by atoms with Crippen molar-refractivity contribution in [1.29, 1.82) is 0 Å². The standard InChI is InChI=1S/C5H10N2OS/c8-5-3-7(4-9)2-1-6-5/h9H,1-4H2,(H,6,8). The number of nitrogens with one attached hydrogen (secondary N) is 1. The minimum Gasteiger partial charge on any atom is -0.354 e. The van der Waals surface area contributed by atoms with Gasteiger partial charge in [-0.3, -0.25) is 9.69 Å². The zero-order valence-electron chi connectivity index (χ0n) is 5.13. The minimum atomic E-state index is 0.107. The lowest BCUT2D eigenvalue weighted by molar-refractivity contribution is -0.123. The van der Waals surface area contributed by atoms with E-state index in [1.54, 1.807) is 0 Å². The topological polar surface area (TPSA) is 32.3 Å². The maximum Gasteiger partial charge on any atom is 0.234 e. The molecule has 0 saturated carbocycles. The third kappa shape index (κ3) is 1.87. The van der Waals surface area contributed by atoms with Gasteiger partial charge in [-0.25, -0.2) is 0 Å². The average molecular weight is 146 g/mol. The van der Waals surface area contributed by atoms with Crippen LogP contribution in [0.15, 0.2) is 0 Å². The van der Waals surface area contributed by atoms with Crippen LogP contribution in [-0.2, 0) is 4.79 Å². The Morgan fingerprint density at radius 1 is 1.78 bits per heavy atom. The highest BCUT2D eigenvalue weighted by Gasteiger charge is 2.13. The summed E-state index contributed by atoms with van der Waals surface area (Å²) in [5.41, 5.74) is 0. The first-order valence-electron chi connectivity index (χ1n) is 2.93. The van der Waals surface area contributed by atoms with Crippen LogP contribution in [-0.4, -0.2) is 36.3 Å². The summed E-state index contributed by atoms with van der Waals surface area (Å²) < 4.78 is 0. The van der Waals surface area contributed by atoms with E-state index in [9.17, 15) is 4.79 Å². The lowest BCUT2D eigenvalue weighted by Gasteiger charge is -2.23. The zero-order valence-corrected chi connectivity index (χ0v) is 6.03. The van der Waals surface area contributed by atoms with Crippen LogP contribution in [0.3, 0.4) is 0 Å². The molecule has 1 rings (SSSR count). The van der Waals surface area contributed by atoms with Crippen molar-refractivity contribution in [2.24, 2.45) is 0 Å². The van der Waals surface area contributed by atoms with Gasteiger partial charge in [-0.2, -0.15) is 12.6 Å². The Bertz CT molecular complexity index is 118. The van der Waals surface area contributed by atoms with Crippen LogP contribution >= 0.6 is 12.6 Å². The van der Waals surface area contributed by atoms with Crippen LogP contribution in [0.2, 0.25) is 0 Å². The SMILES string of the molecule is O=C1CN(CS)CCN1. The lowest BCUT2D eigenvalue weighted by atomic mass is 10.4. The summed E-state index contributed by atoms with van der Waals surface area (Å²) in [4.78, 5) is 12.6. The summed E-state index contributed by atoms with van der Waals surface area (Å²) in [5, 5.41) is 2.73. The molecule has 0 radical (unpaired) electrons. The molecule has 1 aliphatic rings. The Balaban J connectivity index is 2.32. The number of nitrogens with zero attached hydrogens (tertiary/aromatic N) is 1. The minimum absolute atomic E-state index is 0.107. The van der Waals surface area contributed by atoms with Gasteiger partial charge in [-0.15, -0.1) is 0 Å². The Labute approximate surface area is 59.8 Å². The molecule has 0 aromatic rings. The highest BCUT2D eigenvalue weighted by Crippen LogP contribution is 1.93. The monoisotopic (exact) mass is 146 g/mol. The van der Waals surface area contributed by atoms with Crippen molar-refractivity contribution < 1.29 is 4.79 Å². The van der Waals surface area contributed by atoms with Gasteiger partial charge in [0.2, 0.25) is 5.91 Å². The summed E-state index contributed by atoms with van der Waals surface area (Å²) >= 11 is 4.05. The van der Waals surface area contributed by atoms with Crippen molar-refractivity contribution in [3.05, 3.63) is 0 Å². The molecule has 1 N–H and O–H groups in total. The lowest BCUT2D eigenvalue weighted by Crippen LogP contribution is -2.46. The fraction of sp³-hybridized carbons (Fsp3) is 0.800. The molecule has 1 aliphatic heterocycles. The molecule has 0 unspecified atom stereocenters. The molecular weight excluding hydrogens is 136 g/mol. The zero-order chi connectivity index (χ0) is 6.69. The second-order valence-electron chi connectivity index (χ2n) is 2.04. The second kappa shape index (κ2) is 3.08. The first-order chi connectivity index (χ1) is 4.33. The molecule has 1 amide bonds. The Hall–Kier alpha value is -0.220. The van der Waals surface area contributed by atoms with Crippen molar-refractivity contribution >= 4 is 18.5 Å². The van der Waals surface area contributed by atoms with Gasteiger partial charge in [0.05, 0.1) is 6.54 Å². The number of carbonyl (C=O) groups excluding carboxylic acids is 1. The first kappa shape index (κ1) is 6.89. The normalized spacial score (nSPS) is 21.7. The Kier molecular flexibility index (Phi) is 2.36. The predicted molar refractivity (Wildman–Crippen MR) is 38.4 cm³/mol. The summed E-state index contributed by atoms with van der Waals surface area (Å²) in [5.74, 6) is 0.781. The largest absolute Gasteiger partial charge is 0.354 e. The molecule has 1 heterocycles. The van der Waals surface area contributed by atoms with Gasteiger partial charge in [-0.1, -0.05) is 0 Å². The van der Waals surface area contributed by atoms with Crippen LogP contribution in [0.4, 0.5) is 0 Å². The van der Waals surface area contributed by atoms with Gasteiger partial charge in [0, 0.05) is 19.0 Å². The van der Waals surface area contributed by atoms with Gasteiger partial charge in [0.1, 0.15) is 0 Å². The smallest absolute Gasteiger partial charge is 0.234 e. The van der Waals surface area contributed by atoms with Gasteiger partial charge >= 0.3 is 0 Å². The molecule has 0 aliphatic carbocycles. The number of hydrogen-bond acceptors (Lipinski definition) is 3. The van der Waals surface area contributed by atoms with Crippen molar-refractivity contribution in [3.63, 3.8) is 0 Å². The average Bonchev–Trinajstić information content (AvgIpc) is 1.88. The third-order valence-electron chi connectivity index (χ3n) is 1.32. The predicted octanol–water partition coefficient (Wildman–Crippen LogP) is -0.695. The summed E-state index contributed by atoms with van der Waals surface area (Å²) in [7, 11) is 0. The van der Waals surface area contributed by atoms with Crippen LogP contribution in [0.1, 0.15) is 0 Å². The fourth-order valence-corrected chi connectivity index (χ4v) is 1.05. The molecule has 0 spiro atoms. The Morgan fingerprint density at radius 3 is 3.00 bits per heavy atom. The number of amides is 1. The van der Waals surface area contributed by atoms with Crippen molar-refractivity contribution in [1.82, 2.24) is 10.2 Å². The molecule has 1 saturated heterocycles. The molecule has 0 bridgehead atoms. The molecule has 9 heavy (non-hydrogen) atoms. The van der Waals surface area contributed by atoms with E-state index in [-0.39, 0.29) is 5.91 Å². The summed E-state index contributed by atoms with van der Waals surface area (Å²) in [6.07, 6.45) is 0. The van der Waals surface area contributed by atoms with Crippen molar-refractivity contribution in [2.75, 3.05) is 25.5 Å². The van der Waals surface area contributed by atoms with Crippen LogP contribution < -0.4 is 5.32 Å². The second-order valence-corrected chi connectivity index (χ2v) is 2.33. The van der Waals surface area contributed by atoms with Crippen molar-refractivity contribution in [2.45, 2.75) is 0 Å². The highest BCUT2D eigenvalue weighted by atomic mass is 32.1. The van der Waals surface area contributed by atoms with E-state index in [1.807, 2.05) is 4.90 Å². The van der Waals surface area contributed by atoms with Crippen LogP contribution in [0.5, 0.6) is 0 Å². The van der Waals surface area contributed by atoms with Crippen LogP contribution in [0.25, 0.3) is 0 Å². The van der Waals surface area contributed by atoms with E-state index in [0.29, 0.717) is 12.4 Å². The first-order valence-corrected chi connectivity index (χ1v) is 3.56. The maximum absolute atomic E-state index is 10.6. The number of thiol groups is 1. The number of piperazine rings is 1. The van der Waals surface area contributed by atoms with E-state index >= 15 is 0 Å². The molecule has 52 valence electrons. The van der Waals surface area contributed by atoms with Gasteiger partial charge in [-0.05, 0) is 0 Å². The van der Waals surface area contributed by atoms with E-state index in [0.717, 1.165) is 13.1 Å². The highest BCUT2D eigenvalue weighted by molar-refractivity contribution is 7.80. The molecule has 0 aromatic heterocycles. The van der Waals surface area contributed by atoms with Gasteiger partial charge < -0.3 is 5.32 Å². The van der Waals surface area contributed by atoms with Gasteiger partial charge in [0.15, 0.2) is 0 Å². The quantitative estimate of drug-likeness (QED) is 0.480. The van der Waals surface area contributed by atoms with Crippen LogP contribution in [0, 0.1) is 0 Å². The van der Waals surface area contributed by atoms with Gasteiger partial charge in [0.25, 0.3) is 0 Å². The molecule has 0 aromatic carbocycles. The molecule has 3 nitrogen and oxygen atoms in total. The molecular formula is C5H10N2OS. The van der Waals surface area contributed by atoms with E-state index in [1.165, 1.54) is 0 Å². The molecule has 4 heteroatoms. The summed E-state index contributed by atoms with van der Waals surface area (Å²) in [6.45, 7) is 2.19. The number of carbonyl (C=O) groups is 1. The van der Waals surface area contributed by atoms with E-state index in [4.69, 9.17) is 0 Å². The Morgan fingerprint density at radius 2 is 2.56 bits per heavy atom. The molecule has 0 atom stereocenters. The summed E-state index contributed by atoms with van der Waals surface area (Å²) in [6, 6.07) is 0. The van der Waals surface area contributed by atoms with E-state index < -0.39 is 0 Å².